The molecule has 0 saturated carbocycles. The summed E-state index contributed by atoms with van der Waals surface area (Å²) in [6.45, 7) is 2.82. The minimum absolute atomic E-state index is 0.241. The first-order valence-electron chi connectivity index (χ1n) is 6.30. The molecule has 1 amide bonds. The molecule has 1 unspecified atom stereocenters. The molecule has 0 aliphatic heterocycles. The standard InChI is InChI=1S/C13H20N2OS/c1-9(15-7-6-13(14)16)12-8-10-4-2-3-5-11(10)17-12/h8-9,15H,2-7H2,1H3,(H2,14,16). The zero-order valence-corrected chi connectivity index (χ0v) is 11.1. The van der Waals surface area contributed by atoms with Crippen LogP contribution in [0, 0.1) is 0 Å². The van der Waals surface area contributed by atoms with Crippen molar-refractivity contribution in [2.75, 3.05) is 6.54 Å². The number of nitrogens with two attached hydrogens (primary N) is 1. The Labute approximate surface area is 106 Å². The van der Waals surface area contributed by atoms with Gasteiger partial charge in [0.25, 0.3) is 0 Å². The van der Waals surface area contributed by atoms with Gasteiger partial charge in [-0.25, -0.2) is 0 Å². The van der Waals surface area contributed by atoms with Gasteiger partial charge in [-0.3, -0.25) is 4.79 Å². The summed E-state index contributed by atoms with van der Waals surface area (Å²) in [5.74, 6) is -0.241. The lowest BCUT2D eigenvalue weighted by atomic mass is 9.99. The first kappa shape index (κ1) is 12.6. The second-order valence-electron chi connectivity index (χ2n) is 4.70. The van der Waals surface area contributed by atoms with Crippen molar-refractivity contribution >= 4 is 17.2 Å². The minimum Gasteiger partial charge on any atom is -0.370 e. The van der Waals surface area contributed by atoms with Gasteiger partial charge in [-0.05, 0) is 44.2 Å². The molecule has 1 atom stereocenters. The maximum Gasteiger partial charge on any atom is 0.218 e. The van der Waals surface area contributed by atoms with E-state index >= 15 is 0 Å². The number of carbonyl (C=O) groups is 1. The van der Waals surface area contributed by atoms with Gasteiger partial charge in [-0.2, -0.15) is 0 Å². The topological polar surface area (TPSA) is 55.1 Å². The van der Waals surface area contributed by atoms with Crippen molar-refractivity contribution in [2.45, 2.75) is 45.1 Å². The third-order valence-electron chi connectivity index (χ3n) is 3.26. The molecular weight excluding hydrogens is 232 g/mol. The molecule has 1 aromatic heterocycles. The lowest BCUT2D eigenvalue weighted by Gasteiger charge is -2.10. The Morgan fingerprint density at radius 2 is 2.29 bits per heavy atom. The fourth-order valence-electron chi connectivity index (χ4n) is 2.24. The van der Waals surface area contributed by atoms with E-state index in [1.807, 2.05) is 11.3 Å². The first-order chi connectivity index (χ1) is 8.16. The Kier molecular flexibility index (Phi) is 4.18. The summed E-state index contributed by atoms with van der Waals surface area (Å²) in [6.07, 6.45) is 5.55. The molecule has 1 aliphatic rings. The fraction of sp³-hybridized carbons (Fsp3) is 0.615. The molecule has 94 valence electrons. The molecule has 3 nitrogen and oxygen atoms in total. The molecule has 0 saturated heterocycles. The van der Waals surface area contributed by atoms with E-state index in [2.05, 4.69) is 18.3 Å². The average molecular weight is 252 g/mol. The molecular formula is C13H20N2OS. The molecule has 0 aromatic carbocycles. The van der Waals surface area contributed by atoms with Gasteiger partial charge in [0.05, 0.1) is 0 Å². The second-order valence-corrected chi connectivity index (χ2v) is 5.86. The summed E-state index contributed by atoms with van der Waals surface area (Å²) < 4.78 is 0. The van der Waals surface area contributed by atoms with Gasteiger partial charge < -0.3 is 11.1 Å². The zero-order valence-electron chi connectivity index (χ0n) is 10.3. The highest BCUT2D eigenvalue weighted by Gasteiger charge is 2.16. The summed E-state index contributed by atoms with van der Waals surface area (Å²) in [7, 11) is 0. The number of amides is 1. The van der Waals surface area contributed by atoms with Gasteiger partial charge in [0.1, 0.15) is 0 Å². The van der Waals surface area contributed by atoms with E-state index in [0.29, 0.717) is 19.0 Å². The van der Waals surface area contributed by atoms with Crippen molar-refractivity contribution in [1.29, 1.82) is 0 Å². The highest BCUT2D eigenvalue weighted by molar-refractivity contribution is 7.12. The van der Waals surface area contributed by atoms with E-state index in [-0.39, 0.29) is 5.91 Å². The van der Waals surface area contributed by atoms with Crippen LogP contribution in [0.25, 0.3) is 0 Å². The molecule has 17 heavy (non-hydrogen) atoms. The number of aryl methyl sites for hydroxylation is 2. The van der Waals surface area contributed by atoms with Crippen LogP contribution in [0.2, 0.25) is 0 Å². The molecule has 1 aromatic rings. The quantitative estimate of drug-likeness (QED) is 0.843. The van der Waals surface area contributed by atoms with Crippen molar-refractivity contribution in [3.05, 3.63) is 21.4 Å². The zero-order chi connectivity index (χ0) is 12.3. The number of rotatable bonds is 5. The third-order valence-corrected chi connectivity index (χ3v) is 4.68. The van der Waals surface area contributed by atoms with Crippen molar-refractivity contribution in [3.8, 4) is 0 Å². The van der Waals surface area contributed by atoms with Crippen LogP contribution in [0.5, 0.6) is 0 Å². The molecule has 2 rings (SSSR count). The maximum atomic E-state index is 10.7. The fourth-order valence-corrected chi connectivity index (χ4v) is 3.52. The summed E-state index contributed by atoms with van der Waals surface area (Å²) >= 11 is 1.92. The SMILES string of the molecule is CC(NCCC(N)=O)c1cc2c(s1)CCCC2. The van der Waals surface area contributed by atoms with E-state index in [4.69, 9.17) is 5.73 Å². The molecule has 1 aliphatic carbocycles. The van der Waals surface area contributed by atoms with Crippen LogP contribution in [-0.4, -0.2) is 12.5 Å². The van der Waals surface area contributed by atoms with Crippen LogP contribution in [0.15, 0.2) is 6.07 Å². The normalized spacial score (nSPS) is 16.5. The van der Waals surface area contributed by atoms with Crippen LogP contribution < -0.4 is 11.1 Å². The van der Waals surface area contributed by atoms with E-state index in [1.54, 1.807) is 10.4 Å². The van der Waals surface area contributed by atoms with Crippen LogP contribution in [0.1, 0.15) is 47.5 Å². The van der Waals surface area contributed by atoms with E-state index in [1.165, 1.54) is 30.6 Å². The number of thiophene rings is 1. The van der Waals surface area contributed by atoms with Crippen LogP contribution >= 0.6 is 11.3 Å². The van der Waals surface area contributed by atoms with E-state index in [9.17, 15) is 4.79 Å². The second kappa shape index (κ2) is 5.65. The lowest BCUT2D eigenvalue weighted by Crippen LogP contribution is -2.24. The first-order valence-corrected chi connectivity index (χ1v) is 7.11. The Morgan fingerprint density at radius 1 is 1.53 bits per heavy atom. The number of fused-ring (bicyclic) bond motifs is 1. The summed E-state index contributed by atoms with van der Waals surface area (Å²) in [5, 5.41) is 3.35. The molecule has 0 bridgehead atoms. The number of nitrogens with one attached hydrogen (secondary N) is 1. The Balaban J connectivity index is 1.92. The minimum atomic E-state index is -0.241. The monoisotopic (exact) mass is 252 g/mol. The molecule has 0 fully saturated rings. The predicted octanol–water partition coefficient (Wildman–Crippen LogP) is 2.15. The average Bonchev–Trinajstić information content (AvgIpc) is 2.71. The molecule has 3 N–H and O–H groups in total. The number of hydrogen-bond donors (Lipinski definition) is 2. The lowest BCUT2D eigenvalue weighted by molar-refractivity contribution is -0.117. The van der Waals surface area contributed by atoms with Gasteiger partial charge in [-0.1, -0.05) is 0 Å². The van der Waals surface area contributed by atoms with Crippen LogP contribution in [0.3, 0.4) is 0 Å². The largest absolute Gasteiger partial charge is 0.370 e. The summed E-state index contributed by atoms with van der Waals surface area (Å²) in [4.78, 5) is 13.6. The van der Waals surface area contributed by atoms with Crippen LogP contribution in [-0.2, 0) is 17.6 Å². The molecule has 1 heterocycles. The number of carbonyl (C=O) groups excluding carboxylic acids is 1. The van der Waals surface area contributed by atoms with Crippen molar-refractivity contribution in [1.82, 2.24) is 5.32 Å². The molecule has 4 heteroatoms. The smallest absolute Gasteiger partial charge is 0.218 e. The van der Waals surface area contributed by atoms with Gasteiger partial charge >= 0.3 is 0 Å². The van der Waals surface area contributed by atoms with Crippen molar-refractivity contribution in [3.63, 3.8) is 0 Å². The van der Waals surface area contributed by atoms with Gasteiger partial charge in [0.2, 0.25) is 5.91 Å². The van der Waals surface area contributed by atoms with E-state index < -0.39 is 0 Å². The van der Waals surface area contributed by atoms with Gasteiger partial charge in [-0.15, -0.1) is 11.3 Å². The Morgan fingerprint density at radius 3 is 3.00 bits per heavy atom. The highest BCUT2D eigenvalue weighted by Crippen LogP contribution is 2.32. The predicted molar refractivity (Wildman–Crippen MR) is 71.2 cm³/mol. The van der Waals surface area contributed by atoms with Crippen molar-refractivity contribution in [2.24, 2.45) is 5.73 Å². The number of hydrogen-bond acceptors (Lipinski definition) is 3. The molecule has 0 spiro atoms. The highest BCUT2D eigenvalue weighted by atomic mass is 32.1. The Hall–Kier alpha value is -0.870. The van der Waals surface area contributed by atoms with Crippen molar-refractivity contribution < 1.29 is 4.79 Å². The summed E-state index contributed by atoms with van der Waals surface area (Å²) in [6, 6.07) is 2.66. The maximum absolute atomic E-state index is 10.7. The number of primary amides is 1. The Bertz CT molecular complexity index is 377. The van der Waals surface area contributed by atoms with Gasteiger partial charge in [0, 0.05) is 28.8 Å². The molecule has 0 radical (unpaired) electrons. The van der Waals surface area contributed by atoms with E-state index in [0.717, 1.165) is 0 Å². The summed E-state index contributed by atoms with van der Waals surface area (Å²) in [5.41, 5.74) is 6.66. The van der Waals surface area contributed by atoms with Gasteiger partial charge in [0.15, 0.2) is 0 Å². The third kappa shape index (κ3) is 3.30. The van der Waals surface area contributed by atoms with Crippen LogP contribution in [0.4, 0.5) is 0 Å².